The summed E-state index contributed by atoms with van der Waals surface area (Å²) in [5, 5.41) is 6.82. The number of ketones is 1. The van der Waals surface area contributed by atoms with Crippen molar-refractivity contribution in [3.05, 3.63) is 23.4 Å². The first-order valence-corrected chi connectivity index (χ1v) is 5.93. The molecule has 0 saturated heterocycles. The molecule has 1 aromatic rings. The Kier molecular flexibility index (Phi) is 2.61. The number of aromatic nitrogens is 3. The van der Waals surface area contributed by atoms with Crippen LogP contribution in [0.3, 0.4) is 0 Å². The Balaban J connectivity index is 1.84. The molecule has 0 unspecified atom stereocenters. The molecule has 0 spiro atoms. The van der Waals surface area contributed by atoms with Crippen molar-refractivity contribution in [2.24, 2.45) is 0 Å². The first-order chi connectivity index (χ1) is 8.95. The number of fused-ring (bicyclic) bond motifs is 1. The van der Waals surface area contributed by atoms with Crippen LogP contribution in [0, 0.1) is 0 Å². The average Bonchev–Trinajstić information content (AvgIpc) is 2.92. The number of nitrogens with zero attached hydrogens (tertiary/aromatic N) is 4. The Morgan fingerprint density at radius 3 is 2.58 bits per heavy atom. The summed E-state index contributed by atoms with van der Waals surface area (Å²) in [6.45, 7) is 0.887. The molecule has 0 radical (unpaired) electrons. The van der Waals surface area contributed by atoms with Crippen molar-refractivity contribution < 1.29 is 18.0 Å². The van der Waals surface area contributed by atoms with Crippen LogP contribution in [0.1, 0.15) is 24.5 Å². The summed E-state index contributed by atoms with van der Waals surface area (Å²) in [6.07, 6.45) is -1.78. The van der Waals surface area contributed by atoms with Crippen LogP contribution in [0.2, 0.25) is 0 Å². The number of allylic oxidation sites excluding steroid dienone is 2. The molecule has 102 valence electrons. The Bertz CT molecular complexity index is 561. The monoisotopic (exact) mass is 272 g/mol. The van der Waals surface area contributed by atoms with Crippen LogP contribution in [-0.2, 0) is 24.1 Å². The van der Waals surface area contributed by atoms with Gasteiger partial charge in [0.15, 0.2) is 11.6 Å². The van der Waals surface area contributed by atoms with Gasteiger partial charge in [-0.3, -0.25) is 4.79 Å². The summed E-state index contributed by atoms with van der Waals surface area (Å²) in [7, 11) is 0. The first-order valence-electron chi connectivity index (χ1n) is 5.93. The minimum absolute atomic E-state index is 0.0676. The SMILES string of the molecule is O=C1C=C(N2CCn3c(nnc3C(F)(F)F)C2)CC1. The lowest BCUT2D eigenvalue weighted by Gasteiger charge is -2.30. The highest BCUT2D eigenvalue weighted by molar-refractivity contribution is 5.92. The molecule has 0 saturated carbocycles. The Labute approximate surface area is 106 Å². The van der Waals surface area contributed by atoms with Gasteiger partial charge in [-0.15, -0.1) is 10.2 Å². The number of carbonyl (C=O) groups is 1. The van der Waals surface area contributed by atoms with E-state index < -0.39 is 12.0 Å². The van der Waals surface area contributed by atoms with E-state index in [0.717, 1.165) is 10.3 Å². The predicted octanol–water partition coefficient (Wildman–Crippen LogP) is 1.36. The molecule has 0 amide bonds. The quantitative estimate of drug-likeness (QED) is 0.774. The molecular formula is C11H11F3N4O. The molecule has 0 atom stereocenters. The van der Waals surface area contributed by atoms with Crippen molar-refractivity contribution in [1.82, 2.24) is 19.7 Å². The van der Waals surface area contributed by atoms with Crippen LogP contribution in [0.5, 0.6) is 0 Å². The van der Waals surface area contributed by atoms with Gasteiger partial charge >= 0.3 is 6.18 Å². The molecule has 1 aliphatic carbocycles. The van der Waals surface area contributed by atoms with E-state index in [4.69, 9.17) is 0 Å². The molecule has 0 N–H and O–H groups in total. The lowest BCUT2D eigenvalue weighted by atomic mass is 10.2. The molecule has 0 bridgehead atoms. The van der Waals surface area contributed by atoms with Crippen molar-refractivity contribution in [3.8, 4) is 0 Å². The largest absolute Gasteiger partial charge is 0.451 e. The number of carbonyl (C=O) groups excluding carboxylic acids is 1. The highest BCUT2D eigenvalue weighted by atomic mass is 19.4. The van der Waals surface area contributed by atoms with E-state index in [0.29, 0.717) is 25.2 Å². The fourth-order valence-electron chi connectivity index (χ4n) is 2.44. The number of alkyl halides is 3. The van der Waals surface area contributed by atoms with E-state index in [1.165, 1.54) is 0 Å². The van der Waals surface area contributed by atoms with Gasteiger partial charge in [-0.2, -0.15) is 13.2 Å². The smallest absolute Gasteiger partial charge is 0.365 e. The van der Waals surface area contributed by atoms with Gasteiger partial charge in [0, 0.05) is 31.3 Å². The fourth-order valence-corrected chi connectivity index (χ4v) is 2.44. The van der Waals surface area contributed by atoms with Crippen molar-refractivity contribution in [2.45, 2.75) is 32.1 Å². The van der Waals surface area contributed by atoms with Crippen molar-refractivity contribution in [2.75, 3.05) is 6.54 Å². The molecule has 1 aliphatic heterocycles. The number of halogens is 3. The van der Waals surface area contributed by atoms with E-state index in [-0.39, 0.29) is 18.9 Å². The number of hydrogen-bond donors (Lipinski definition) is 0. The normalized spacial score (nSPS) is 19.6. The first kappa shape index (κ1) is 12.2. The molecule has 3 rings (SSSR count). The van der Waals surface area contributed by atoms with Gasteiger partial charge in [-0.25, -0.2) is 0 Å². The molecule has 1 aromatic heterocycles. The molecule has 5 nitrogen and oxygen atoms in total. The lowest BCUT2D eigenvalue weighted by molar-refractivity contribution is -0.147. The predicted molar refractivity (Wildman–Crippen MR) is 57.8 cm³/mol. The highest BCUT2D eigenvalue weighted by Crippen LogP contribution is 2.30. The van der Waals surface area contributed by atoms with Crippen LogP contribution in [0.25, 0.3) is 0 Å². The Morgan fingerprint density at radius 1 is 1.16 bits per heavy atom. The van der Waals surface area contributed by atoms with Crippen LogP contribution in [0.4, 0.5) is 13.2 Å². The highest BCUT2D eigenvalue weighted by Gasteiger charge is 2.39. The number of rotatable bonds is 1. The molecule has 8 heteroatoms. The van der Waals surface area contributed by atoms with Gasteiger partial charge in [0.05, 0.1) is 6.54 Å². The summed E-state index contributed by atoms with van der Waals surface area (Å²) < 4.78 is 39.1. The summed E-state index contributed by atoms with van der Waals surface area (Å²) in [4.78, 5) is 13.1. The topological polar surface area (TPSA) is 51.0 Å². The third kappa shape index (κ3) is 2.11. The van der Waals surface area contributed by atoms with Gasteiger partial charge in [0.25, 0.3) is 0 Å². The maximum absolute atomic E-state index is 12.7. The van der Waals surface area contributed by atoms with Crippen LogP contribution in [0.15, 0.2) is 11.8 Å². The average molecular weight is 272 g/mol. The van der Waals surface area contributed by atoms with Crippen molar-refractivity contribution >= 4 is 5.78 Å². The van der Waals surface area contributed by atoms with Gasteiger partial charge in [-0.05, 0) is 6.42 Å². The second-order valence-corrected chi connectivity index (χ2v) is 4.61. The summed E-state index contributed by atoms with van der Waals surface area (Å²) >= 11 is 0. The van der Waals surface area contributed by atoms with Crippen LogP contribution in [-0.4, -0.2) is 32.0 Å². The molecule has 19 heavy (non-hydrogen) atoms. The van der Waals surface area contributed by atoms with Gasteiger partial charge < -0.3 is 9.47 Å². The minimum Gasteiger partial charge on any atom is -0.365 e. The van der Waals surface area contributed by atoms with E-state index in [9.17, 15) is 18.0 Å². The molecule has 2 heterocycles. The maximum atomic E-state index is 12.7. The third-order valence-corrected chi connectivity index (χ3v) is 3.37. The van der Waals surface area contributed by atoms with Gasteiger partial charge in [-0.1, -0.05) is 0 Å². The van der Waals surface area contributed by atoms with Gasteiger partial charge in [0.2, 0.25) is 5.82 Å². The zero-order chi connectivity index (χ0) is 13.6. The lowest BCUT2D eigenvalue weighted by Crippen LogP contribution is -2.34. The van der Waals surface area contributed by atoms with E-state index in [1.54, 1.807) is 6.08 Å². The summed E-state index contributed by atoms with van der Waals surface area (Å²) in [6, 6.07) is 0. The summed E-state index contributed by atoms with van der Waals surface area (Å²) in [5.74, 6) is -0.588. The van der Waals surface area contributed by atoms with Crippen molar-refractivity contribution in [1.29, 1.82) is 0 Å². The zero-order valence-electron chi connectivity index (χ0n) is 9.94. The van der Waals surface area contributed by atoms with E-state index in [1.807, 2.05) is 4.90 Å². The van der Waals surface area contributed by atoms with E-state index in [2.05, 4.69) is 10.2 Å². The standard InChI is InChI=1S/C11H11F3N4O/c12-11(13,14)10-16-15-9-6-17(3-4-18(9)10)7-1-2-8(19)5-7/h5H,1-4,6H2. The van der Waals surface area contributed by atoms with Crippen LogP contribution >= 0.6 is 0 Å². The van der Waals surface area contributed by atoms with Crippen molar-refractivity contribution in [3.63, 3.8) is 0 Å². The maximum Gasteiger partial charge on any atom is 0.451 e. The van der Waals surface area contributed by atoms with Crippen LogP contribution < -0.4 is 0 Å². The summed E-state index contributed by atoms with van der Waals surface area (Å²) in [5.41, 5.74) is 0.882. The second kappa shape index (κ2) is 4.07. The molecule has 2 aliphatic rings. The van der Waals surface area contributed by atoms with Gasteiger partial charge in [0.1, 0.15) is 0 Å². The molecule has 0 aromatic carbocycles. The zero-order valence-corrected chi connectivity index (χ0v) is 9.94. The minimum atomic E-state index is -4.48. The Morgan fingerprint density at radius 2 is 1.95 bits per heavy atom. The molecular weight excluding hydrogens is 261 g/mol. The van der Waals surface area contributed by atoms with E-state index >= 15 is 0 Å². The Hall–Kier alpha value is -1.86. The number of hydrogen-bond acceptors (Lipinski definition) is 4. The third-order valence-electron chi connectivity index (χ3n) is 3.37. The molecule has 0 fully saturated rings. The second-order valence-electron chi connectivity index (χ2n) is 4.61. The fraction of sp³-hybridized carbons (Fsp3) is 0.545.